The van der Waals surface area contributed by atoms with Crippen LogP contribution < -0.4 is 9.80 Å². The summed E-state index contributed by atoms with van der Waals surface area (Å²) in [4.78, 5) is 43.3. The maximum atomic E-state index is 13.8. The minimum absolute atomic E-state index is 0.0439. The molecule has 3 amide bonds. The lowest BCUT2D eigenvalue weighted by molar-refractivity contribution is -0.139. The smallest absolute Gasteiger partial charge is 0.414 e. The number of carbonyl (C=O) groups is 3. The third-order valence-corrected chi connectivity index (χ3v) is 7.78. The minimum Gasteiger partial charge on any atom is -0.447 e. The molecule has 3 aliphatic heterocycles. The quantitative estimate of drug-likeness (QED) is 0.519. The number of aliphatic hydroxyl groups excluding tert-OH is 1. The molecule has 2 N–H and O–H groups in total. The zero-order valence-electron chi connectivity index (χ0n) is 21.5. The molecule has 0 aromatic heterocycles. The van der Waals surface area contributed by atoms with Gasteiger partial charge in [-0.05, 0) is 36.6 Å². The fourth-order valence-electron chi connectivity index (χ4n) is 5.68. The molecule has 38 heavy (non-hydrogen) atoms. The zero-order valence-corrected chi connectivity index (χ0v) is 21.5. The van der Waals surface area contributed by atoms with Crippen molar-refractivity contribution in [2.24, 2.45) is 5.92 Å². The van der Waals surface area contributed by atoms with Gasteiger partial charge in [-0.15, -0.1) is 0 Å². The van der Waals surface area contributed by atoms with E-state index in [1.807, 2.05) is 36.4 Å². The van der Waals surface area contributed by atoms with Gasteiger partial charge in [0.2, 0.25) is 5.91 Å². The Balaban J connectivity index is 1.34. The van der Waals surface area contributed by atoms with Crippen molar-refractivity contribution in [1.29, 1.82) is 0 Å². The number of anilines is 2. The largest absolute Gasteiger partial charge is 0.447 e. The number of nitrogens with zero attached hydrogens (tertiary/aromatic N) is 3. The van der Waals surface area contributed by atoms with Crippen molar-refractivity contribution in [1.82, 2.24) is 4.90 Å². The van der Waals surface area contributed by atoms with Crippen LogP contribution in [0, 0.1) is 5.92 Å². The number of benzene rings is 2. The van der Waals surface area contributed by atoms with Crippen LogP contribution in [-0.4, -0.2) is 65.4 Å². The van der Waals surface area contributed by atoms with E-state index in [2.05, 4.69) is 0 Å². The third-order valence-electron chi connectivity index (χ3n) is 7.78. The Morgan fingerprint density at radius 2 is 2.00 bits per heavy atom. The fraction of sp³-hybridized carbons (Fsp3) is 0.414. The molecule has 2 aromatic rings. The van der Waals surface area contributed by atoms with E-state index in [1.54, 1.807) is 45.9 Å². The van der Waals surface area contributed by atoms with E-state index < -0.39 is 23.5 Å². The van der Waals surface area contributed by atoms with Crippen LogP contribution in [0.15, 0.2) is 60.7 Å². The first kappa shape index (κ1) is 25.9. The van der Waals surface area contributed by atoms with Gasteiger partial charge in [-0.25, -0.2) is 4.79 Å². The van der Waals surface area contributed by atoms with Gasteiger partial charge in [0, 0.05) is 30.1 Å². The molecule has 0 saturated carbocycles. The van der Waals surface area contributed by atoms with E-state index >= 15 is 0 Å². The number of carbonyl (C=O) groups excluding carboxylic acids is 3. The number of likely N-dealkylation sites (tertiary alicyclic amines) is 1. The molecule has 0 bridgehead atoms. The molecule has 0 spiro atoms. The molecule has 3 atom stereocenters. The summed E-state index contributed by atoms with van der Waals surface area (Å²) < 4.78 is 5.05. The molecule has 0 aliphatic carbocycles. The van der Waals surface area contributed by atoms with Gasteiger partial charge in [0.15, 0.2) is 5.60 Å². The molecule has 2 aromatic carbocycles. The molecule has 0 radical (unpaired) electrons. The van der Waals surface area contributed by atoms with E-state index in [0.717, 1.165) is 18.4 Å². The van der Waals surface area contributed by atoms with Crippen LogP contribution in [0.5, 0.6) is 0 Å². The molecular formula is C29H33N3O6. The minimum atomic E-state index is -1.78. The number of para-hydroxylation sites is 1. The number of cyclic esters (lactones) is 1. The van der Waals surface area contributed by atoms with Crippen molar-refractivity contribution < 1.29 is 29.3 Å². The van der Waals surface area contributed by atoms with Crippen LogP contribution in [0.4, 0.5) is 16.2 Å². The maximum absolute atomic E-state index is 13.8. The molecule has 3 heterocycles. The third kappa shape index (κ3) is 4.56. The summed E-state index contributed by atoms with van der Waals surface area (Å²) in [7, 11) is 0. The summed E-state index contributed by atoms with van der Waals surface area (Å²) >= 11 is 0. The van der Waals surface area contributed by atoms with Crippen LogP contribution in [-0.2, 0) is 26.5 Å². The van der Waals surface area contributed by atoms with E-state index in [9.17, 15) is 24.6 Å². The lowest BCUT2D eigenvalue weighted by Crippen LogP contribution is -2.44. The van der Waals surface area contributed by atoms with Crippen molar-refractivity contribution in [3.63, 3.8) is 0 Å². The van der Waals surface area contributed by atoms with E-state index in [-0.39, 0.29) is 31.5 Å². The van der Waals surface area contributed by atoms with Crippen LogP contribution in [0.2, 0.25) is 0 Å². The predicted molar refractivity (Wildman–Crippen MR) is 141 cm³/mol. The van der Waals surface area contributed by atoms with Crippen molar-refractivity contribution in [2.75, 3.05) is 36.1 Å². The first-order valence-corrected chi connectivity index (χ1v) is 13.1. The Bertz CT molecular complexity index is 1260. The van der Waals surface area contributed by atoms with Gasteiger partial charge in [-0.1, -0.05) is 49.4 Å². The molecule has 3 aliphatic rings. The molecule has 0 unspecified atom stereocenters. The maximum Gasteiger partial charge on any atom is 0.414 e. The first-order chi connectivity index (χ1) is 18.3. The highest BCUT2D eigenvalue weighted by atomic mass is 16.6. The van der Waals surface area contributed by atoms with Gasteiger partial charge in [-0.2, -0.15) is 0 Å². The predicted octanol–water partition coefficient (Wildman–Crippen LogP) is 2.94. The number of amides is 3. The van der Waals surface area contributed by atoms with E-state index in [0.29, 0.717) is 36.6 Å². The number of fused-ring (bicyclic) bond motifs is 1. The Kier molecular flexibility index (Phi) is 7.23. The summed E-state index contributed by atoms with van der Waals surface area (Å²) in [6.07, 6.45) is 4.85. The second kappa shape index (κ2) is 10.6. The summed E-state index contributed by atoms with van der Waals surface area (Å²) in [6, 6.07) is 14.5. The van der Waals surface area contributed by atoms with Gasteiger partial charge in [0.1, 0.15) is 6.61 Å². The Hall–Kier alpha value is -3.69. The standard InChI is InChI=1S/C29H33N3O6/c1-20(7-4-13-26(34)30-14-6-10-23(30)19-33)29(37)24-11-2-3-12-25(24)32(27(29)35)18-21-8-5-9-22(17-21)31-15-16-38-28(31)36/h2-5,7-9,11-12,17,20,23,33,37H,6,10,13-16,18-19H2,1H3/b7-4+/t20-,23-,29+/m0/s1. The van der Waals surface area contributed by atoms with Gasteiger partial charge in [-0.3, -0.25) is 14.5 Å². The van der Waals surface area contributed by atoms with Gasteiger partial charge >= 0.3 is 6.09 Å². The second-order valence-corrected chi connectivity index (χ2v) is 10.1. The summed E-state index contributed by atoms with van der Waals surface area (Å²) in [5.41, 5.74) is 0.876. The molecule has 2 fully saturated rings. The summed E-state index contributed by atoms with van der Waals surface area (Å²) in [6.45, 7) is 3.39. The van der Waals surface area contributed by atoms with E-state index in [4.69, 9.17) is 4.74 Å². The number of ether oxygens (including phenoxy) is 1. The monoisotopic (exact) mass is 519 g/mol. The highest BCUT2D eigenvalue weighted by Gasteiger charge is 2.52. The Morgan fingerprint density at radius 3 is 2.76 bits per heavy atom. The molecule has 5 rings (SSSR count). The molecule has 9 heteroatoms. The highest BCUT2D eigenvalue weighted by Crippen LogP contribution is 2.45. The highest BCUT2D eigenvalue weighted by molar-refractivity contribution is 6.07. The number of hydrogen-bond acceptors (Lipinski definition) is 6. The van der Waals surface area contributed by atoms with E-state index in [1.165, 1.54) is 0 Å². The van der Waals surface area contributed by atoms with Crippen LogP contribution in [0.1, 0.15) is 37.3 Å². The van der Waals surface area contributed by atoms with Gasteiger partial charge in [0.25, 0.3) is 5.91 Å². The average Bonchev–Trinajstić information content (AvgIpc) is 3.64. The SMILES string of the molecule is C[C@@H](/C=C/CC(=O)N1CCC[C@H]1CO)[C@]1(O)C(=O)N(Cc2cccc(N3CCOC3=O)c2)c2ccccc21. The van der Waals surface area contributed by atoms with Crippen molar-refractivity contribution in [2.45, 2.75) is 44.4 Å². The summed E-state index contributed by atoms with van der Waals surface area (Å²) in [5.74, 6) is -1.10. The average molecular weight is 520 g/mol. The van der Waals surface area contributed by atoms with Crippen molar-refractivity contribution in [3.8, 4) is 0 Å². The summed E-state index contributed by atoms with van der Waals surface area (Å²) in [5, 5.41) is 21.3. The number of hydrogen-bond donors (Lipinski definition) is 2. The zero-order chi connectivity index (χ0) is 26.9. The molecule has 2 saturated heterocycles. The van der Waals surface area contributed by atoms with Crippen molar-refractivity contribution >= 4 is 29.3 Å². The topological polar surface area (TPSA) is 111 Å². The lowest BCUT2D eigenvalue weighted by atomic mass is 9.83. The molecular weight excluding hydrogens is 486 g/mol. The normalized spacial score (nSPS) is 23.9. The number of aliphatic hydroxyl groups is 2. The second-order valence-electron chi connectivity index (χ2n) is 10.1. The van der Waals surface area contributed by atoms with Crippen LogP contribution in [0.3, 0.4) is 0 Å². The number of rotatable bonds is 8. The fourth-order valence-corrected chi connectivity index (χ4v) is 5.68. The van der Waals surface area contributed by atoms with Gasteiger partial charge in [0.05, 0.1) is 31.4 Å². The Morgan fingerprint density at radius 1 is 1.18 bits per heavy atom. The van der Waals surface area contributed by atoms with Crippen LogP contribution >= 0.6 is 0 Å². The molecule has 9 nitrogen and oxygen atoms in total. The first-order valence-electron chi connectivity index (χ1n) is 13.1. The lowest BCUT2D eigenvalue weighted by Gasteiger charge is -2.28. The molecule has 200 valence electrons. The van der Waals surface area contributed by atoms with Crippen molar-refractivity contribution in [3.05, 3.63) is 71.8 Å². The van der Waals surface area contributed by atoms with Crippen LogP contribution in [0.25, 0.3) is 0 Å². The van der Waals surface area contributed by atoms with Gasteiger partial charge < -0.3 is 24.7 Å². The Labute approximate surface area is 221 Å².